The topological polar surface area (TPSA) is 101 Å². The minimum absolute atomic E-state index is 0.150. The van der Waals surface area contributed by atoms with Gasteiger partial charge in [-0.1, -0.05) is 41.9 Å². The zero-order chi connectivity index (χ0) is 25.2. The predicted molar refractivity (Wildman–Crippen MR) is 135 cm³/mol. The van der Waals surface area contributed by atoms with E-state index in [1.54, 1.807) is 16.2 Å². The summed E-state index contributed by atoms with van der Waals surface area (Å²) >= 11 is 7.46. The second kappa shape index (κ2) is 10.4. The van der Waals surface area contributed by atoms with E-state index >= 15 is 0 Å². The SMILES string of the molecule is Cc1ccc(CN(Cc2ccccc2)C(=O)CN(C2CC2)S(=O)(=O)c2ccc(Cl)c([N+](=O)[O-])c2)s1. The molecule has 8 nitrogen and oxygen atoms in total. The van der Waals surface area contributed by atoms with Gasteiger partial charge in [-0.2, -0.15) is 4.31 Å². The summed E-state index contributed by atoms with van der Waals surface area (Å²) in [6.45, 7) is 2.34. The first kappa shape index (κ1) is 25.3. The van der Waals surface area contributed by atoms with Crippen molar-refractivity contribution in [2.24, 2.45) is 0 Å². The zero-order valence-electron chi connectivity index (χ0n) is 19.0. The molecule has 0 saturated heterocycles. The van der Waals surface area contributed by atoms with E-state index < -0.39 is 20.6 Å². The fraction of sp³-hybridized carbons (Fsp3) is 0.292. The number of sulfonamides is 1. The second-order valence-electron chi connectivity index (χ2n) is 8.40. The maximum Gasteiger partial charge on any atom is 0.289 e. The van der Waals surface area contributed by atoms with Crippen LogP contribution < -0.4 is 0 Å². The Morgan fingerprint density at radius 1 is 1.11 bits per heavy atom. The molecule has 1 saturated carbocycles. The van der Waals surface area contributed by atoms with Crippen LogP contribution in [0.15, 0.2) is 65.6 Å². The summed E-state index contributed by atoms with van der Waals surface area (Å²) in [5, 5.41) is 11.1. The maximum absolute atomic E-state index is 13.5. The molecular weight excluding hydrogens is 510 g/mol. The van der Waals surface area contributed by atoms with Crippen molar-refractivity contribution in [3.8, 4) is 0 Å². The first-order valence-corrected chi connectivity index (χ1v) is 13.6. The summed E-state index contributed by atoms with van der Waals surface area (Å²) < 4.78 is 28.1. The number of carbonyl (C=O) groups excluding carboxylic acids is 1. The van der Waals surface area contributed by atoms with Crippen LogP contribution in [-0.4, -0.2) is 41.0 Å². The molecule has 1 heterocycles. The van der Waals surface area contributed by atoms with Crippen molar-refractivity contribution in [3.63, 3.8) is 0 Å². The summed E-state index contributed by atoms with van der Waals surface area (Å²) in [5.41, 5.74) is 0.442. The molecule has 1 amide bonds. The molecule has 0 atom stereocenters. The number of nitro benzene ring substituents is 1. The highest BCUT2D eigenvalue weighted by molar-refractivity contribution is 7.89. The van der Waals surface area contributed by atoms with Crippen LogP contribution in [0.2, 0.25) is 5.02 Å². The van der Waals surface area contributed by atoms with Crippen LogP contribution in [0.5, 0.6) is 0 Å². The zero-order valence-corrected chi connectivity index (χ0v) is 21.4. The van der Waals surface area contributed by atoms with Crippen LogP contribution in [-0.2, 0) is 27.9 Å². The van der Waals surface area contributed by atoms with E-state index in [4.69, 9.17) is 11.6 Å². The molecule has 2 aromatic carbocycles. The van der Waals surface area contributed by atoms with Crippen molar-refractivity contribution in [1.29, 1.82) is 0 Å². The molecule has 4 rings (SSSR count). The number of carbonyl (C=O) groups is 1. The van der Waals surface area contributed by atoms with Gasteiger partial charge in [0.15, 0.2) is 0 Å². The van der Waals surface area contributed by atoms with Gasteiger partial charge in [-0.25, -0.2) is 8.42 Å². The molecule has 0 radical (unpaired) electrons. The van der Waals surface area contributed by atoms with Crippen molar-refractivity contribution in [1.82, 2.24) is 9.21 Å². The molecule has 3 aromatic rings. The van der Waals surface area contributed by atoms with Crippen molar-refractivity contribution in [2.75, 3.05) is 6.54 Å². The molecule has 184 valence electrons. The Morgan fingerprint density at radius 2 is 1.83 bits per heavy atom. The monoisotopic (exact) mass is 533 g/mol. The highest BCUT2D eigenvalue weighted by Gasteiger charge is 2.40. The minimum Gasteiger partial charge on any atom is -0.332 e. The van der Waals surface area contributed by atoms with Gasteiger partial charge in [0.25, 0.3) is 5.69 Å². The van der Waals surface area contributed by atoms with Crippen LogP contribution in [0.4, 0.5) is 5.69 Å². The summed E-state index contributed by atoms with van der Waals surface area (Å²) in [6, 6.07) is 16.5. The maximum atomic E-state index is 13.5. The lowest BCUT2D eigenvalue weighted by Gasteiger charge is -2.27. The molecule has 0 N–H and O–H groups in total. The fourth-order valence-electron chi connectivity index (χ4n) is 3.73. The second-order valence-corrected chi connectivity index (χ2v) is 12.1. The fourth-order valence-corrected chi connectivity index (χ4v) is 6.48. The first-order chi connectivity index (χ1) is 16.6. The number of hydrogen-bond donors (Lipinski definition) is 0. The smallest absolute Gasteiger partial charge is 0.289 e. The van der Waals surface area contributed by atoms with Gasteiger partial charge in [-0.15, -0.1) is 11.3 Å². The van der Waals surface area contributed by atoms with Gasteiger partial charge in [0.1, 0.15) is 5.02 Å². The van der Waals surface area contributed by atoms with E-state index in [-0.39, 0.29) is 28.4 Å². The van der Waals surface area contributed by atoms with Gasteiger partial charge in [0.05, 0.1) is 22.9 Å². The third-order valence-electron chi connectivity index (χ3n) is 5.68. The molecule has 0 bridgehead atoms. The number of rotatable bonds is 10. The van der Waals surface area contributed by atoms with E-state index in [0.29, 0.717) is 25.9 Å². The van der Waals surface area contributed by atoms with Crippen molar-refractivity contribution in [2.45, 2.75) is 43.8 Å². The number of thiophene rings is 1. The highest BCUT2D eigenvalue weighted by atomic mass is 35.5. The van der Waals surface area contributed by atoms with Crippen LogP contribution in [0, 0.1) is 17.0 Å². The predicted octanol–water partition coefficient (Wildman–Crippen LogP) is 5.00. The molecule has 1 aliphatic rings. The standard InChI is InChI=1S/C24H24ClN3O5S2/c1-17-7-10-20(34-17)15-26(14-18-5-3-2-4-6-18)24(29)16-27(19-8-9-19)35(32,33)21-11-12-22(25)23(13-21)28(30)31/h2-7,10-13,19H,8-9,14-16H2,1H3. The summed E-state index contributed by atoms with van der Waals surface area (Å²) in [5.74, 6) is -0.334. The lowest BCUT2D eigenvalue weighted by atomic mass is 10.2. The van der Waals surface area contributed by atoms with Crippen molar-refractivity contribution in [3.05, 3.63) is 91.1 Å². The van der Waals surface area contributed by atoms with Crippen LogP contribution in [0.3, 0.4) is 0 Å². The average molecular weight is 534 g/mol. The molecule has 0 spiro atoms. The Labute approximate surface area is 212 Å². The summed E-state index contributed by atoms with van der Waals surface area (Å²) in [7, 11) is -4.16. The Kier molecular flexibility index (Phi) is 7.56. The average Bonchev–Trinajstić information content (AvgIpc) is 3.58. The normalized spacial score (nSPS) is 13.7. The van der Waals surface area contributed by atoms with Gasteiger partial charge in [0, 0.05) is 28.4 Å². The molecule has 1 fully saturated rings. The van der Waals surface area contributed by atoms with Gasteiger partial charge >= 0.3 is 0 Å². The number of aryl methyl sites for hydroxylation is 1. The van der Waals surface area contributed by atoms with Crippen molar-refractivity contribution >= 4 is 44.6 Å². The van der Waals surface area contributed by atoms with E-state index in [2.05, 4.69) is 0 Å². The minimum atomic E-state index is -4.16. The summed E-state index contributed by atoms with van der Waals surface area (Å²) in [4.78, 5) is 27.6. The van der Waals surface area contributed by atoms with Crippen LogP contribution in [0.1, 0.15) is 28.2 Å². The molecule has 35 heavy (non-hydrogen) atoms. The van der Waals surface area contributed by atoms with Gasteiger partial charge in [0.2, 0.25) is 15.9 Å². The van der Waals surface area contributed by atoms with Crippen LogP contribution in [0.25, 0.3) is 0 Å². The number of halogens is 1. The van der Waals surface area contributed by atoms with Crippen LogP contribution >= 0.6 is 22.9 Å². The summed E-state index contributed by atoms with van der Waals surface area (Å²) in [6.07, 6.45) is 1.26. The Balaban J connectivity index is 1.61. The Morgan fingerprint density at radius 3 is 2.43 bits per heavy atom. The lowest BCUT2D eigenvalue weighted by Crippen LogP contribution is -2.43. The van der Waals surface area contributed by atoms with Gasteiger partial charge in [-0.3, -0.25) is 14.9 Å². The lowest BCUT2D eigenvalue weighted by molar-refractivity contribution is -0.384. The third-order valence-corrected chi connectivity index (χ3v) is 8.88. The number of benzene rings is 2. The Bertz CT molecular complexity index is 1340. The van der Waals surface area contributed by atoms with Gasteiger partial charge in [-0.05, 0) is 49.6 Å². The molecule has 1 aliphatic carbocycles. The number of nitrogens with zero attached hydrogens (tertiary/aromatic N) is 3. The highest BCUT2D eigenvalue weighted by Crippen LogP contribution is 2.34. The number of amides is 1. The number of hydrogen-bond acceptors (Lipinski definition) is 6. The van der Waals surface area contributed by atoms with Crippen molar-refractivity contribution < 1.29 is 18.1 Å². The quantitative estimate of drug-likeness (QED) is 0.269. The molecule has 1 aromatic heterocycles. The Hall–Kier alpha value is -2.79. The molecular formula is C24H24ClN3O5S2. The molecule has 0 aliphatic heterocycles. The molecule has 0 unspecified atom stereocenters. The van der Waals surface area contributed by atoms with E-state index in [0.717, 1.165) is 21.4 Å². The van der Waals surface area contributed by atoms with E-state index in [1.165, 1.54) is 16.4 Å². The number of nitro groups is 1. The van der Waals surface area contributed by atoms with E-state index in [9.17, 15) is 23.3 Å². The largest absolute Gasteiger partial charge is 0.332 e. The first-order valence-electron chi connectivity index (χ1n) is 11.0. The van der Waals surface area contributed by atoms with E-state index in [1.807, 2.05) is 49.4 Å². The third kappa shape index (κ3) is 6.07. The van der Waals surface area contributed by atoms with Gasteiger partial charge < -0.3 is 4.90 Å². The molecule has 11 heteroatoms.